The molecule has 6 heteroatoms. The van der Waals surface area contributed by atoms with E-state index >= 15 is 0 Å². The molecule has 0 atom stereocenters. The summed E-state index contributed by atoms with van der Waals surface area (Å²) in [6, 6.07) is 17.3. The second-order valence-electron chi connectivity index (χ2n) is 7.85. The summed E-state index contributed by atoms with van der Waals surface area (Å²) >= 11 is 1.82. The molecule has 1 aromatic carbocycles. The van der Waals surface area contributed by atoms with E-state index in [1.807, 2.05) is 34.1 Å². The molecule has 0 aliphatic carbocycles. The lowest BCUT2D eigenvalue weighted by Gasteiger charge is -2.19. The molecule has 4 aromatic rings. The molecule has 0 fully saturated rings. The summed E-state index contributed by atoms with van der Waals surface area (Å²) in [6.07, 6.45) is 1.76. The molecule has 0 saturated carbocycles. The molecule has 0 unspecified atom stereocenters. The fraction of sp³-hybridized carbons (Fsp3) is 0.208. The van der Waals surface area contributed by atoms with Crippen LogP contribution in [0.2, 0.25) is 0 Å². The highest BCUT2D eigenvalue weighted by molar-refractivity contribution is 7.15. The zero-order valence-electron chi connectivity index (χ0n) is 17.3. The molecule has 1 aliphatic heterocycles. The van der Waals surface area contributed by atoms with E-state index in [9.17, 15) is 0 Å². The Labute approximate surface area is 180 Å². The average molecular weight is 414 g/mol. The number of rotatable bonds is 4. The summed E-state index contributed by atoms with van der Waals surface area (Å²) in [6.45, 7) is 11.5. The summed E-state index contributed by atoms with van der Waals surface area (Å²) in [5, 5.41) is 8.37. The normalized spacial score (nSPS) is 13.3. The Hall–Kier alpha value is -3.25. The number of nitrogens with zero attached hydrogens (tertiary/aromatic N) is 5. The quantitative estimate of drug-likeness (QED) is 0.415. The summed E-state index contributed by atoms with van der Waals surface area (Å²) in [5.74, 6) is 1.66. The molecule has 0 amide bonds. The van der Waals surface area contributed by atoms with Crippen LogP contribution in [-0.2, 0) is 6.54 Å². The Morgan fingerprint density at radius 2 is 1.97 bits per heavy atom. The van der Waals surface area contributed by atoms with Crippen molar-refractivity contribution >= 4 is 22.9 Å². The van der Waals surface area contributed by atoms with Gasteiger partial charge in [-0.3, -0.25) is 0 Å². The molecule has 150 valence electrons. The summed E-state index contributed by atoms with van der Waals surface area (Å²) < 4.78 is 2.04. The topological polar surface area (TPSA) is 46.8 Å². The smallest absolute Gasteiger partial charge is 0.182 e. The van der Waals surface area contributed by atoms with Gasteiger partial charge < -0.3 is 9.47 Å². The second kappa shape index (κ2) is 7.22. The number of aromatic nitrogens is 4. The predicted molar refractivity (Wildman–Crippen MR) is 123 cm³/mol. The van der Waals surface area contributed by atoms with Crippen molar-refractivity contribution in [3.8, 4) is 22.0 Å². The molecule has 0 bridgehead atoms. The highest BCUT2D eigenvalue weighted by Gasteiger charge is 2.25. The molecule has 1 aliphatic rings. The third kappa shape index (κ3) is 3.13. The highest BCUT2D eigenvalue weighted by atomic mass is 32.1. The Balaban J connectivity index is 1.48. The van der Waals surface area contributed by atoms with Crippen LogP contribution in [0, 0.1) is 6.92 Å². The molecular weight excluding hydrogens is 390 g/mol. The first kappa shape index (κ1) is 18.8. The number of fused-ring (bicyclic) bond motifs is 1. The number of hydrogen-bond donors (Lipinski definition) is 0. The van der Waals surface area contributed by atoms with Gasteiger partial charge in [-0.15, -0.1) is 21.5 Å². The molecule has 0 radical (unpaired) electrons. The lowest BCUT2D eigenvalue weighted by molar-refractivity contribution is 0.603. The van der Waals surface area contributed by atoms with E-state index in [0.717, 1.165) is 29.6 Å². The van der Waals surface area contributed by atoms with Crippen LogP contribution in [0.1, 0.15) is 35.9 Å². The number of aryl methyl sites for hydroxylation is 1. The summed E-state index contributed by atoms with van der Waals surface area (Å²) in [7, 11) is 0. The van der Waals surface area contributed by atoms with Gasteiger partial charge >= 0.3 is 0 Å². The number of anilines is 1. The average Bonchev–Trinajstić information content (AvgIpc) is 3.47. The summed E-state index contributed by atoms with van der Waals surface area (Å²) in [4.78, 5) is 9.68. The maximum absolute atomic E-state index is 4.90. The lowest BCUT2D eigenvalue weighted by atomic mass is 10.0. The molecule has 0 saturated heterocycles. The van der Waals surface area contributed by atoms with E-state index in [2.05, 4.69) is 72.8 Å². The molecule has 0 N–H and O–H groups in total. The molecule has 30 heavy (non-hydrogen) atoms. The lowest BCUT2D eigenvalue weighted by Crippen LogP contribution is -2.15. The second-order valence-corrected chi connectivity index (χ2v) is 9.14. The summed E-state index contributed by atoms with van der Waals surface area (Å²) in [5.41, 5.74) is 5.50. The van der Waals surface area contributed by atoms with Crippen molar-refractivity contribution in [1.29, 1.82) is 0 Å². The molecule has 3 aromatic heterocycles. The SMILES string of the molecule is C=C1c2cc(-c3ccc(C)s3)ccc2CN1c1cccc(-c2nncn2C(C)C)n1. The van der Waals surface area contributed by atoms with Crippen LogP contribution in [0.3, 0.4) is 0 Å². The van der Waals surface area contributed by atoms with E-state index in [-0.39, 0.29) is 6.04 Å². The molecule has 4 heterocycles. The van der Waals surface area contributed by atoms with Gasteiger partial charge in [-0.2, -0.15) is 0 Å². The van der Waals surface area contributed by atoms with Crippen LogP contribution >= 0.6 is 11.3 Å². The Morgan fingerprint density at radius 3 is 2.73 bits per heavy atom. The van der Waals surface area contributed by atoms with Gasteiger partial charge in [-0.1, -0.05) is 24.8 Å². The van der Waals surface area contributed by atoms with Crippen molar-refractivity contribution in [3.05, 3.63) is 77.4 Å². The Morgan fingerprint density at radius 1 is 1.10 bits per heavy atom. The van der Waals surface area contributed by atoms with Crippen LogP contribution < -0.4 is 4.90 Å². The van der Waals surface area contributed by atoms with Crippen molar-refractivity contribution in [2.24, 2.45) is 0 Å². The molecule has 0 spiro atoms. The first-order chi connectivity index (χ1) is 14.5. The molecule has 5 nitrogen and oxygen atoms in total. The minimum Gasteiger partial charge on any atom is -0.322 e. The van der Waals surface area contributed by atoms with Crippen molar-refractivity contribution in [1.82, 2.24) is 19.7 Å². The van der Waals surface area contributed by atoms with E-state index in [4.69, 9.17) is 4.98 Å². The largest absolute Gasteiger partial charge is 0.322 e. The fourth-order valence-electron chi connectivity index (χ4n) is 3.86. The number of pyridine rings is 1. The first-order valence-corrected chi connectivity index (χ1v) is 10.9. The van der Waals surface area contributed by atoms with Gasteiger partial charge in [0.2, 0.25) is 0 Å². The van der Waals surface area contributed by atoms with Gasteiger partial charge in [-0.25, -0.2) is 4.98 Å². The van der Waals surface area contributed by atoms with E-state index < -0.39 is 0 Å². The van der Waals surface area contributed by atoms with Gasteiger partial charge in [0.05, 0.1) is 6.54 Å². The third-order valence-corrected chi connectivity index (χ3v) is 6.52. The van der Waals surface area contributed by atoms with Crippen LogP contribution in [0.25, 0.3) is 27.7 Å². The molecular formula is C24H23N5S. The van der Waals surface area contributed by atoms with Crippen LogP contribution in [0.5, 0.6) is 0 Å². The number of thiophene rings is 1. The molecule has 5 rings (SSSR count). The van der Waals surface area contributed by atoms with Crippen molar-refractivity contribution in [2.45, 2.75) is 33.4 Å². The number of hydrogen-bond acceptors (Lipinski definition) is 5. The third-order valence-electron chi connectivity index (χ3n) is 5.47. The maximum atomic E-state index is 4.90. The monoisotopic (exact) mass is 413 g/mol. The van der Waals surface area contributed by atoms with E-state index in [1.165, 1.54) is 26.4 Å². The minimum absolute atomic E-state index is 0.269. The van der Waals surface area contributed by atoms with E-state index in [0.29, 0.717) is 0 Å². The van der Waals surface area contributed by atoms with Crippen LogP contribution in [-0.4, -0.2) is 19.7 Å². The van der Waals surface area contributed by atoms with Gasteiger partial charge in [-0.05, 0) is 62.2 Å². The van der Waals surface area contributed by atoms with Crippen molar-refractivity contribution in [2.75, 3.05) is 4.90 Å². The van der Waals surface area contributed by atoms with Crippen molar-refractivity contribution < 1.29 is 0 Å². The van der Waals surface area contributed by atoms with Crippen molar-refractivity contribution in [3.63, 3.8) is 0 Å². The first-order valence-electron chi connectivity index (χ1n) is 10.0. The fourth-order valence-corrected chi connectivity index (χ4v) is 4.72. The minimum atomic E-state index is 0.269. The van der Waals surface area contributed by atoms with Crippen LogP contribution in [0.15, 0.2) is 61.4 Å². The van der Waals surface area contributed by atoms with E-state index in [1.54, 1.807) is 6.33 Å². The maximum Gasteiger partial charge on any atom is 0.182 e. The van der Waals surface area contributed by atoms with Crippen LogP contribution in [0.4, 0.5) is 5.82 Å². The zero-order valence-corrected chi connectivity index (χ0v) is 18.1. The highest BCUT2D eigenvalue weighted by Crippen LogP contribution is 2.38. The Bertz CT molecular complexity index is 1250. The zero-order chi connectivity index (χ0) is 20.8. The van der Waals surface area contributed by atoms with Gasteiger partial charge in [0.25, 0.3) is 0 Å². The van der Waals surface area contributed by atoms with Gasteiger partial charge in [0, 0.05) is 27.1 Å². The van der Waals surface area contributed by atoms with Gasteiger partial charge in [0.15, 0.2) is 5.82 Å². The van der Waals surface area contributed by atoms with Gasteiger partial charge in [0.1, 0.15) is 17.8 Å². The number of benzene rings is 1. The Kier molecular flexibility index (Phi) is 4.51. The standard InChI is InChI=1S/C24H23N5S/c1-15(2)29-14-25-27-24(29)21-6-5-7-23(26-21)28-13-19-10-9-18(12-20(19)17(28)4)22-11-8-16(3)30-22/h5-12,14-15H,4,13H2,1-3H3. The predicted octanol–water partition coefficient (Wildman–Crippen LogP) is 5.95.